The molecule has 0 fully saturated rings. The fourth-order valence-electron chi connectivity index (χ4n) is 3.41. The molecule has 0 atom stereocenters. The van der Waals surface area contributed by atoms with Crippen LogP contribution in [0.15, 0.2) is 72.8 Å². The molecule has 1 aromatic heterocycles. The second-order valence-electron chi connectivity index (χ2n) is 7.53. The molecule has 0 saturated carbocycles. The van der Waals surface area contributed by atoms with Gasteiger partial charge in [-0.2, -0.15) is 0 Å². The summed E-state index contributed by atoms with van der Waals surface area (Å²) in [6.07, 6.45) is 0.298. The van der Waals surface area contributed by atoms with Gasteiger partial charge in [-0.15, -0.1) is 0 Å². The minimum Gasteiger partial charge on any atom is -0.449 e. The Labute approximate surface area is 176 Å². The van der Waals surface area contributed by atoms with E-state index in [-0.39, 0.29) is 12.1 Å². The summed E-state index contributed by atoms with van der Waals surface area (Å²) in [6, 6.07) is 24.6. The van der Waals surface area contributed by atoms with E-state index in [0.717, 1.165) is 38.7 Å². The van der Waals surface area contributed by atoms with E-state index in [2.05, 4.69) is 34.9 Å². The zero-order chi connectivity index (χ0) is 20.9. The van der Waals surface area contributed by atoms with E-state index in [4.69, 9.17) is 9.72 Å². The monoisotopic (exact) mass is 399 g/mol. The number of pyridine rings is 1. The summed E-state index contributed by atoms with van der Waals surface area (Å²) in [5.74, 6) is 0. The Bertz CT molecular complexity index is 1120. The van der Waals surface area contributed by atoms with Crippen molar-refractivity contribution in [1.82, 2.24) is 10.3 Å². The van der Waals surface area contributed by atoms with Gasteiger partial charge in [0, 0.05) is 28.9 Å². The molecule has 5 nitrogen and oxygen atoms in total. The highest BCUT2D eigenvalue weighted by Crippen LogP contribution is 2.32. The van der Waals surface area contributed by atoms with Crippen LogP contribution in [0.4, 0.5) is 16.2 Å². The fraction of sp³-hybridized carbons (Fsp3) is 0.200. The maximum absolute atomic E-state index is 11.6. The van der Waals surface area contributed by atoms with Gasteiger partial charge in [0.15, 0.2) is 0 Å². The lowest BCUT2D eigenvalue weighted by atomic mass is 10.1. The van der Waals surface area contributed by atoms with E-state index in [1.165, 1.54) is 0 Å². The summed E-state index contributed by atoms with van der Waals surface area (Å²) in [6.45, 7) is 4.16. The quantitative estimate of drug-likeness (QED) is 0.402. The molecule has 0 bridgehead atoms. The normalized spacial score (nSPS) is 11.0. The van der Waals surface area contributed by atoms with Crippen molar-refractivity contribution in [3.8, 4) is 0 Å². The minimum absolute atomic E-state index is 0.0724. The summed E-state index contributed by atoms with van der Waals surface area (Å²) in [5.41, 5.74) is 5.10. The average Bonchev–Trinajstić information content (AvgIpc) is 2.74. The molecular formula is C25H25N3O2. The van der Waals surface area contributed by atoms with Gasteiger partial charge in [0.25, 0.3) is 0 Å². The third kappa shape index (κ3) is 4.51. The van der Waals surface area contributed by atoms with Crippen molar-refractivity contribution in [3.63, 3.8) is 0 Å². The van der Waals surface area contributed by atoms with Gasteiger partial charge < -0.3 is 15.4 Å². The Balaban J connectivity index is 1.51. The number of carbonyl (C=O) groups excluding carboxylic acids is 1. The van der Waals surface area contributed by atoms with E-state index in [1.807, 2.05) is 62.4 Å². The van der Waals surface area contributed by atoms with Crippen molar-refractivity contribution in [3.05, 3.63) is 78.4 Å². The molecule has 1 heterocycles. The Morgan fingerprint density at radius 2 is 1.50 bits per heavy atom. The lowest BCUT2D eigenvalue weighted by Gasteiger charge is -2.14. The van der Waals surface area contributed by atoms with E-state index < -0.39 is 0 Å². The molecule has 2 N–H and O–H groups in total. The van der Waals surface area contributed by atoms with Gasteiger partial charge in [-0.1, -0.05) is 48.5 Å². The van der Waals surface area contributed by atoms with Gasteiger partial charge in [0.1, 0.15) is 0 Å². The van der Waals surface area contributed by atoms with Crippen LogP contribution in [0.1, 0.15) is 19.4 Å². The molecule has 0 saturated heterocycles. The smallest absolute Gasteiger partial charge is 0.407 e. The number of anilines is 2. The van der Waals surface area contributed by atoms with Crippen LogP contribution >= 0.6 is 0 Å². The molecule has 0 aliphatic carbocycles. The number of ether oxygens (including phenoxy) is 1. The number of benzene rings is 3. The van der Waals surface area contributed by atoms with Crippen molar-refractivity contribution in [2.75, 3.05) is 11.9 Å². The van der Waals surface area contributed by atoms with E-state index in [1.54, 1.807) is 0 Å². The van der Waals surface area contributed by atoms with Crippen LogP contribution in [0.3, 0.4) is 0 Å². The predicted molar refractivity (Wildman–Crippen MR) is 122 cm³/mol. The topological polar surface area (TPSA) is 63.2 Å². The van der Waals surface area contributed by atoms with Crippen LogP contribution in [0, 0.1) is 0 Å². The van der Waals surface area contributed by atoms with Gasteiger partial charge in [-0.25, -0.2) is 9.78 Å². The highest BCUT2D eigenvalue weighted by molar-refractivity contribution is 6.08. The SMILES string of the molecule is CC(C)NC(=O)OCCc1ccc(Nc2c3ccccc3nc3ccccc23)cc1. The Morgan fingerprint density at radius 3 is 2.10 bits per heavy atom. The molecule has 0 aliphatic heterocycles. The third-order valence-electron chi connectivity index (χ3n) is 4.84. The Morgan fingerprint density at radius 1 is 0.900 bits per heavy atom. The molecule has 4 rings (SSSR count). The number of nitrogens with one attached hydrogen (secondary N) is 2. The number of hydrogen-bond acceptors (Lipinski definition) is 4. The van der Waals surface area contributed by atoms with E-state index in [0.29, 0.717) is 13.0 Å². The highest BCUT2D eigenvalue weighted by atomic mass is 16.5. The number of carbonyl (C=O) groups is 1. The van der Waals surface area contributed by atoms with Crippen molar-refractivity contribution in [2.45, 2.75) is 26.3 Å². The Hall–Kier alpha value is -3.60. The lowest BCUT2D eigenvalue weighted by Crippen LogP contribution is -2.31. The van der Waals surface area contributed by atoms with Crippen LogP contribution in [0.25, 0.3) is 21.8 Å². The number of alkyl carbamates (subject to hydrolysis) is 1. The molecule has 4 aromatic rings. The number of hydrogen-bond donors (Lipinski definition) is 2. The number of para-hydroxylation sites is 2. The van der Waals surface area contributed by atoms with Crippen LogP contribution < -0.4 is 10.6 Å². The fourth-order valence-corrected chi connectivity index (χ4v) is 3.41. The maximum atomic E-state index is 11.6. The zero-order valence-corrected chi connectivity index (χ0v) is 17.2. The molecule has 0 unspecified atom stereocenters. The van der Waals surface area contributed by atoms with E-state index in [9.17, 15) is 4.79 Å². The standard InChI is InChI=1S/C25H25N3O2/c1-17(2)26-25(29)30-16-15-18-11-13-19(14-12-18)27-24-20-7-3-5-9-22(20)28-23-10-6-4-8-21(23)24/h3-14,17H,15-16H2,1-2H3,(H,26,29)(H,27,28). The number of fused-ring (bicyclic) bond motifs is 2. The largest absolute Gasteiger partial charge is 0.449 e. The Kier molecular flexibility index (Phi) is 5.80. The highest BCUT2D eigenvalue weighted by Gasteiger charge is 2.09. The van der Waals surface area contributed by atoms with E-state index >= 15 is 0 Å². The van der Waals surface area contributed by atoms with Crippen LogP contribution in [0.5, 0.6) is 0 Å². The van der Waals surface area contributed by atoms with Gasteiger partial charge in [0.2, 0.25) is 0 Å². The minimum atomic E-state index is -0.375. The number of amides is 1. The summed E-state index contributed by atoms with van der Waals surface area (Å²) in [4.78, 5) is 16.3. The first-order valence-corrected chi connectivity index (χ1v) is 10.2. The van der Waals surface area contributed by atoms with Crippen molar-refractivity contribution in [2.24, 2.45) is 0 Å². The zero-order valence-electron chi connectivity index (χ0n) is 17.2. The first kappa shape index (κ1) is 19.7. The molecule has 30 heavy (non-hydrogen) atoms. The first-order chi connectivity index (χ1) is 14.6. The second kappa shape index (κ2) is 8.82. The summed E-state index contributed by atoms with van der Waals surface area (Å²) < 4.78 is 5.21. The van der Waals surface area contributed by atoms with Crippen LogP contribution in [0.2, 0.25) is 0 Å². The molecule has 0 aliphatic rings. The number of aromatic nitrogens is 1. The van der Waals surface area contributed by atoms with Crippen molar-refractivity contribution < 1.29 is 9.53 Å². The van der Waals surface area contributed by atoms with Crippen LogP contribution in [-0.4, -0.2) is 23.7 Å². The molecule has 5 heteroatoms. The summed E-state index contributed by atoms with van der Waals surface area (Å²) >= 11 is 0. The van der Waals surface area contributed by atoms with Crippen molar-refractivity contribution in [1.29, 1.82) is 0 Å². The molecule has 3 aromatic carbocycles. The van der Waals surface area contributed by atoms with Crippen LogP contribution in [-0.2, 0) is 11.2 Å². The molecule has 0 spiro atoms. The van der Waals surface area contributed by atoms with Gasteiger partial charge in [0.05, 0.1) is 23.3 Å². The maximum Gasteiger partial charge on any atom is 0.407 e. The molecule has 1 amide bonds. The molecule has 152 valence electrons. The first-order valence-electron chi connectivity index (χ1n) is 10.2. The van der Waals surface area contributed by atoms with Gasteiger partial charge in [-0.3, -0.25) is 0 Å². The summed E-state index contributed by atoms with van der Waals surface area (Å²) in [7, 11) is 0. The van der Waals surface area contributed by atoms with Gasteiger partial charge in [-0.05, 0) is 43.7 Å². The van der Waals surface area contributed by atoms with Crippen molar-refractivity contribution >= 4 is 39.3 Å². The summed E-state index contributed by atoms with van der Waals surface area (Å²) in [5, 5.41) is 8.47. The number of rotatable bonds is 6. The lowest BCUT2D eigenvalue weighted by molar-refractivity contribution is 0.145. The number of nitrogens with zero attached hydrogens (tertiary/aromatic N) is 1. The predicted octanol–water partition coefficient (Wildman–Crippen LogP) is 5.81. The third-order valence-corrected chi connectivity index (χ3v) is 4.84. The molecule has 0 radical (unpaired) electrons. The molecular weight excluding hydrogens is 374 g/mol. The van der Waals surface area contributed by atoms with Gasteiger partial charge >= 0.3 is 6.09 Å². The second-order valence-corrected chi connectivity index (χ2v) is 7.53. The average molecular weight is 399 g/mol.